The van der Waals surface area contributed by atoms with E-state index in [1.54, 1.807) is 60.8 Å². The Morgan fingerprint density at radius 2 is 1.68 bits per heavy atom. The van der Waals surface area contributed by atoms with E-state index in [9.17, 15) is 25.1 Å². The summed E-state index contributed by atoms with van der Waals surface area (Å²) >= 11 is 0. The number of aliphatic hydroxyl groups excluding tert-OH is 1. The van der Waals surface area contributed by atoms with E-state index in [1.165, 1.54) is 6.07 Å². The van der Waals surface area contributed by atoms with Crippen molar-refractivity contribution in [3.8, 4) is 23.4 Å². The number of hydrogen-bond acceptors (Lipinski definition) is 8. The molecule has 1 amide bonds. The number of methoxy groups -OCH3 is 1. The molecule has 37 heavy (non-hydrogen) atoms. The van der Waals surface area contributed by atoms with Crippen LogP contribution in [0.1, 0.15) is 16.1 Å². The first-order valence-corrected chi connectivity index (χ1v) is 11.3. The molecule has 1 heterocycles. The lowest BCUT2D eigenvalue weighted by Gasteiger charge is -2.28. The maximum absolute atomic E-state index is 13.7. The first-order valence-electron chi connectivity index (χ1n) is 11.3. The summed E-state index contributed by atoms with van der Waals surface area (Å²) in [4.78, 5) is 30.7. The van der Waals surface area contributed by atoms with Gasteiger partial charge < -0.3 is 19.7 Å². The quantitative estimate of drug-likeness (QED) is 0.213. The highest BCUT2D eigenvalue weighted by molar-refractivity contribution is 6.07. The van der Waals surface area contributed by atoms with E-state index in [1.807, 2.05) is 18.2 Å². The van der Waals surface area contributed by atoms with Gasteiger partial charge in [0.1, 0.15) is 22.9 Å². The van der Waals surface area contributed by atoms with Gasteiger partial charge >= 0.3 is 5.97 Å². The van der Waals surface area contributed by atoms with E-state index in [4.69, 9.17) is 4.74 Å². The van der Waals surface area contributed by atoms with Crippen molar-refractivity contribution >= 4 is 22.6 Å². The molecule has 0 bridgehead atoms. The monoisotopic (exact) mass is 497 g/mol. The number of carbonyl (C=O) groups is 2. The average Bonchev–Trinajstić information content (AvgIpc) is 2.93. The molecular formula is C28H23N3O6. The number of rotatable bonds is 8. The number of benzene rings is 3. The molecule has 0 aliphatic heterocycles. The van der Waals surface area contributed by atoms with Crippen LogP contribution >= 0.6 is 0 Å². The van der Waals surface area contributed by atoms with Gasteiger partial charge in [0.2, 0.25) is 0 Å². The zero-order valence-corrected chi connectivity index (χ0v) is 19.8. The Bertz CT molecular complexity index is 1450. The molecule has 2 unspecified atom stereocenters. The summed E-state index contributed by atoms with van der Waals surface area (Å²) in [5.41, 5.74) is 0.522. The van der Waals surface area contributed by atoms with E-state index in [-0.39, 0.29) is 23.3 Å². The Hall–Kier alpha value is -4.94. The number of aromatic nitrogens is 1. The second-order valence-corrected chi connectivity index (χ2v) is 8.11. The zero-order valence-electron chi connectivity index (χ0n) is 19.8. The topological polar surface area (TPSA) is 133 Å². The van der Waals surface area contributed by atoms with Gasteiger partial charge in [0.25, 0.3) is 5.91 Å². The van der Waals surface area contributed by atoms with Gasteiger partial charge in [-0.15, -0.1) is 0 Å². The third-order valence-electron chi connectivity index (χ3n) is 5.77. The molecule has 9 nitrogen and oxygen atoms in total. The molecule has 9 heteroatoms. The van der Waals surface area contributed by atoms with Crippen LogP contribution in [0.25, 0.3) is 10.8 Å². The number of aromatic hydroxyl groups is 1. The van der Waals surface area contributed by atoms with E-state index in [0.29, 0.717) is 27.3 Å². The van der Waals surface area contributed by atoms with Crippen LogP contribution < -0.4 is 4.74 Å². The minimum absolute atomic E-state index is 0.00517. The number of hydrogen-bond donors (Lipinski definition) is 2. The molecule has 0 spiro atoms. The van der Waals surface area contributed by atoms with Crippen LogP contribution in [-0.4, -0.2) is 51.2 Å². The maximum atomic E-state index is 13.7. The Labute approximate surface area is 212 Å². The minimum Gasteiger partial charge on any atom is -0.506 e. The van der Waals surface area contributed by atoms with Crippen molar-refractivity contribution < 1.29 is 29.3 Å². The van der Waals surface area contributed by atoms with Gasteiger partial charge in [0, 0.05) is 10.8 Å². The molecule has 186 valence electrons. The molecule has 2 N–H and O–H groups in total. The Kier molecular flexibility index (Phi) is 7.62. The van der Waals surface area contributed by atoms with Crippen LogP contribution in [0.5, 0.6) is 17.2 Å². The fraction of sp³-hybridized carbons (Fsp3) is 0.143. The fourth-order valence-corrected chi connectivity index (χ4v) is 3.93. The first kappa shape index (κ1) is 25.2. The molecule has 4 rings (SSSR count). The van der Waals surface area contributed by atoms with Crippen LogP contribution in [0.2, 0.25) is 0 Å². The number of esters is 1. The number of aliphatic hydroxyl groups is 1. The predicted octanol–water partition coefficient (Wildman–Crippen LogP) is 3.80. The molecule has 0 aliphatic rings. The van der Waals surface area contributed by atoms with Crippen molar-refractivity contribution in [3.63, 3.8) is 0 Å². The number of para-hydroxylation sites is 1. The normalized spacial score (nSPS) is 12.2. The summed E-state index contributed by atoms with van der Waals surface area (Å²) in [5, 5.41) is 31.6. The minimum atomic E-state index is -1.80. The number of carbonyl (C=O) groups excluding carboxylic acids is 2. The second kappa shape index (κ2) is 11.2. The van der Waals surface area contributed by atoms with E-state index in [0.717, 1.165) is 13.3 Å². The van der Waals surface area contributed by atoms with Crippen LogP contribution in [0, 0.1) is 11.5 Å². The number of pyridine rings is 1. The summed E-state index contributed by atoms with van der Waals surface area (Å²) in [6, 6.07) is 21.3. The zero-order chi connectivity index (χ0) is 26.4. The standard InChI is InChI=1S/C28H23N3O6/c1-36-28(35)26(33)23(14-18-8-4-2-5-9-18)31(17-29)27(34)25-22-15-20(37-19-10-6-3-7-11-19)12-13-21(22)24(32)16-30-25/h2-13,15-16,23,26,32-33H,14H2,1H3. The third kappa shape index (κ3) is 5.50. The van der Waals surface area contributed by atoms with Crippen molar-refractivity contribution in [2.24, 2.45) is 0 Å². The molecule has 3 aromatic carbocycles. The SMILES string of the molecule is COC(=O)C(O)C(Cc1ccccc1)N(C#N)C(=O)c1ncc(O)c2ccc(Oc3ccccc3)cc12. The molecule has 4 aromatic rings. The predicted molar refractivity (Wildman–Crippen MR) is 134 cm³/mol. The van der Waals surface area contributed by atoms with E-state index in [2.05, 4.69) is 9.72 Å². The molecule has 0 saturated heterocycles. The number of amides is 1. The molecule has 2 atom stereocenters. The van der Waals surface area contributed by atoms with E-state index >= 15 is 0 Å². The molecular weight excluding hydrogens is 474 g/mol. The summed E-state index contributed by atoms with van der Waals surface area (Å²) in [6.07, 6.45) is 1.10. The van der Waals surface area contributed by atoms with Gasteiger partial charge in [-0.05, 0) is 42.3 Å². The number of nitriles is 1. The maximum Gasteiger partial charge on any atom is 0.336 e. The Morgan fingerprint density at radius 1 is 1.00 bits per heavy atom. The number of fused-ring (bicyclic) bond motifs is 1. The van der Waals surface area contributed by atoms with Crippen molar-refractivity contribution in [2.75, 3.05) is 7.11 Å². The van der Waals surface area contributed by atoms with Gasteiger partial charge in [-0.3, -0.25) is 4.79 Å². The van der Waals surface area contributed by atoms with Crippen LogP contribution in [0.15, 0.2) is 85.1 Å². The summed E-state index contributed by atoms with van der Waals surface area (Å²) in [6.45, 7) is 0. The van der Waals surface area contributed by atoms with E-state index < -0.39 is 24.0 Å². The first-order chi connectivity index (χ1) is 17.9. The molecule has 0 fully saturated rings. The summed E-state index contributed by atoms with van der Waals surface area (Å²) < 4.78 is 10.5. The average molecular weight is 498 g/mol. The van der Waals surface area contributed by atoms with Crippen molar-refractivity contribution in [1.29, 1.82) is 5.26 Å². The third-order valence-corrected chi connectivity index (χ3v) is 5.77. The lowest BCUT2D eigenvalue weighted by atomic mass is 9.99. The van der Waals surface area contributed by atoms with Crippen molar-refractivity contribution in [1.82, 2.24) is 9.88 Å². The van der Waals surface area contributed by atoms with Gasteiger partial charge in [-0.25, -0.2) is 14.7 Å². The van der Waals surface area contributed by atoms with Crippen molar-refractivity contribution in [3.05, 3.63) is 96.3 Å². The number of nitrogens with zero attached hydrogens (tertiary/aromatic N) is 3. The highest BCUT2D eigenvalue weighted by Crippen LogP contribution is 2.32. The highest BCUT2D eigenvalue weighted by Gasteiger charge is 2.37. The van der Waals surface area contributed by atoms with Crippen LogP contribution in [0.4, 0.5) is 0 Å². The second-order valence-electron chi connectivity index (χ2n) is 8.11. The van der Waals surface area contributed by atoms with Gasteiger partial charge in [-0.1, -0.05) is 48.5 Å². The lowest BCUT2D eigenvalue weighted by molar-refractivity contribution is -0.153. The lowest BCUT2D eigenvalue weighted by Crippen LogP contribution is -2.49. The van der Waals surface area contributed by atoms with Gasteiger partial charge in [-0.2, -0.15) is 5.26 Å². The Balaban J connectivity index is 1.76. The largest absolute Gasteiger partial charge is 0.506 e. The molecule has 0 aliphatic carbocycles. The van der Waals surface area contributed by atoms with Crippen LogP contribution in [-0.2, 0) is 16.0 Å². The summed E-state index contributed by atoms with van der Waals surface area (Å²) in [5.74, 6) is -1.09. The number of ether oxygens (including phenoxy) is 2. The molecule has 1 aromatic heterocycles. The molecule has 0 saturated carbocycles. The Morgan fingerprint density at radius 3 is 2.32 bits per heavy atom. The van der Waals surface area contributed by atoms with Gasteiger partial charge in [0.05, 0.1) is 19.3 Å². The fourth-order valence-electron chi connectivity index (χ4n) is 3.93. The smallest absolute Gasteiger partial charge is 0.336 e. The van der Waals surface area contributed by atoms with Crippen molar-refractivity contribution in [2.45, 2.75) is 18.6 Å². The van der Waals surface area contributed by atoms with Crippen LogP contribution in [0.3, 0.4) is 0 Å². The summed E-state index contributed by atoms with van der Waals surface area (Å²) in [7, 11) is 1.10. The highest BCUT2D eigenvalue weighted by atomic mass is 16.5. The van der Waals surface area contributed by atoms with Gasteiger partial charge in [0.15, 0.2) is 12.3 Å². The molecule has 0 radical (unpaired) electrons.